The van der Waals surface area contributed by atoms with Gasteiger partial charge in [-0.25, -0.2) is 9.96 Å². The Balaban J connectivity index is 1.56. The zero-order valence-electron chi connectivity index (χ0n) is 14.6. The Kier molecular flexibility index (Phi) is 4.07. The van der Waals surface area contributed by atoms with Crippen LogP contribution in [0.4, 0.5) is 11.4 Å². The number of hydroxylamine groups is 1. The number of benzene rings is 2. The summed E-state index contributed by atoms with van der Waals surface area (Å²) in [4.78, 5) is 33.6. The normalized spacial score (nSPS) is 24.1. The highest BCUT2D eigenvalue weighted by Gasteiger charge is 2.61. The molecule has 5 rings (SSSR count). The van der Waals surface area contributed by atoms with Gasteiger partial charge in [-0.1, -0.05) is 34.1 Å². The molecule has 2 saturated heterocycles. The average molecular weight is 439 g/mol. The minimum absolute atomic E-state index is 0.294. The molecular weight excluding hydrogens is 424 g/mol. The van der Waals surface area contributed by atoms with Crippen molar-refractivity contribution in [3.63, 3.8) is 0 Å². The Morgan fingerprint density at radius 3 is 2.25 bits per heavy atom. The fraction of sp³-hybridized carbons (Fsp3) is 0.143. The third kappa shape index (κ3) is 2.58. The van der Waals surface area contributed by atoms with Gasteiger partial charge in [-0.05, 0) is 48.5 Å². The number of rotatable bonds is 3. The van der Waals surface area contributed by atoms with Crippen molar-refractivity contribution in [1.82, 2.24) is 0 Å². The van der Waals surface area contributed by atoms with Crippen molar-refractivity contribution < 1.29 is 18.8 Å². The zero-order chi connectivity index (χ0) is 19.3. The first-order chi connectivity index (χ1) is 13.6. The van der Waals surface area contributed by atoms with E-state index in [1.807, 2.05) is 30.3 Å². The Morgan fingerprint density at radius 1 is 0.821 bits per heavy atom. The number of hydrogen-bond donors (Lipinski definition) is 0. The molecule has 6 nitrogen and oxygen atoms in total. The van der Waals surface area contributed by atoms with Crippen molar-refractivity contribution in [3.05, 3.63) is 83.2 Å². The van der Waals surface area contributed by atoms with E-state index < -0.39 is 18.1 Å². The van der Waals surface area contributed by atoms with Crippen LogP contribution in [0.15, 0.2) is 81.9 Å². The number of amides is 2. The summed E-state index contributed by atoms with van der Waals surface area (Å²) in [6.45, 7) is 0. The van der Waals surface area contributed by atoms with Gasteiger partial charge in [0.1, 0.15) is 17.7 Å². The molecule has 1 aromatic heterocycles. The standard InChI is InChI=1S/C21H15BrN2O4/c22-13-8-10-14(11-9-13)23-20(25)17-18(16-7-4-12-27-16)24(28-19(17)21(23)26)15-5-2-1-3-6-15/h1-12,17-19H. The smallest absolute Gasteiger partial charge is 0.266 e. The lowest BCUT2D eigenvalue weighted by Gasteiger charge is -2.27. The van der Waals surface area contributed by atoms with E-state index in [9.17, 15) is 9.59 Å². The van der Waals surface area contributed by atoms with E-state index >= 15 is 0 Å². The molecule has 140 valence electrons. The molecule has 3 atom stereocenters. The first kappa shape index (κ1) is 17.2. The quantitative estimate of drug-likeness (QED) is 0.576. The number of imide groups is 1. The molecule has 2 fully saturated rings. The van der Waals surface area contributed by atoms with Crippen molar-refractivity contribution in [2.45, 2.75) is 12.1 Å². The fourth-order valence-corrected chi connectivity index (χ4v) is 4.07. The molecule has 3 aromatic rings. The third-order valence-corrected chi connectivity index (χ3v) is 5.57. The SMILES string of the molecule is O=C1C2ON(c3ccccc3)C(c3ccco3)C2C(=O)N1c1ccc(Br)cc1. The maximum Gasteiger partial charge on any atom is 0.266 e. The summed E-state index contributed by atoms with van der Waals surface area (Å²) in [5.41, 5.74) is 1.29. The largest absolute Gasteiger partial charge is 0.467 e. The average Bonchev–Trinajstić information content (AvgIpc) is 3.42. The lowest BCUT2D eigenvalue weighted by molar-refractivity contribution is -0.126. The van der Waals surface area contributed by atoms with Crippen molar-refractivity contribution in [2.24, 2.45) is 5.92 Å². The predicted octanol–water partition coefficient (Wildman–Crippen LogP) is 4.09. The molecule has 0 radical (unpaired) electrons. The molecular formula is C21H15BrN2O4. The fourth-order valence-electron chi connectivity index (χ4n) is 3.81. The van der Waals surface area contributed by atoms with Crippen LogP contribution in [-0.4, -0.2) is 17.9 Å². The molecule has 2 aliphatic heterocycles. The predicted molar refractivity (Wildman–Crippen MR) is 105 cm³/mol. The van der Waals surface area contributed by atoms with Crippen molar-refractivity contribution in [1.29, 1.82) is 0 Å². The van der Waals surface area contributed by atoms with E-state index in [0.29, 0.717) is 11.4 Å². The highest BCUT2D eigenvalue weighted by molar-refractivity contribution is 9.10. The van der Waals surface area contributed by atoms with Crippen LogP contribution in [0.2, 0.25) is 0 Å². The highest BCUT2D eigenvalue weighted by Crippen LogP contribution is 2.47. The number of nitrogens with zero attached hydrogens (tertiary/aromatic N) is 2. The second-order valence-electron chi connectivity index (χ2n) is 6.66. The molecule has 0 aliphatic carbocycles. The Hall–Kier alpha value is -2.90. The molecule has 0 N–H and O–H groups in total. The Morgan fingerprint density at radius 2 is 1.57 bits per heavy atom. The number of furan rings is 1. The first-order valence-corrected chi connectivity index (χ1v) is 9.62. The number of para-hydroxylation sites is 1. The monoisotopic (exact) mass is 438 g/mol. The van der Waals surface area contributed by atoms with Gasteiger partial charge in [0.2, 0.25) is 5.91 Å². The van der Waals surface area contributed by atoms with Crippen LogP contribution >= 0.6 is 15.9 Å². The van der Waals surface area contributed by atoms with Gasteiger partial charge in [-0.15, -0.1) is 0 Å². The maximum absolute atomic E-state index is 13.3. The number of halogens is 1. The molecule has 7 heteroatoms. The summed E-state index contributed by atoms with van der Waals surface area (Å²) in [5, 5.41) is 1.61. The number of carbonyl (C=O) groups excluding carboxylic acids is 2. The van der Waals surface area contributed by atoms with E-state index in [1.165, 1.54) is 4.90 Å². The van der Waals surface area contributed by atoms with Gasteiger partial charge in [0.15, 0.2) is 6.10 Å². The topological polar surface area (TPSA) is 63.0 Å². The molecule has 3 unspecified atom stereocenters. The van der Waals surface area contributed by atoms with Crippen LogP contribution in [0.25, 0.3) is 0 Å². The Bertz CT molecular complexity index is 1020. The summed E-state index contributed by atoms with van der Waals surface area (Å²) in [6, 6.07) is 19.5. The van der Waals surface area contributed by atoms with Crippen molar-refractivity contribution in [2.75, 3.05) is 9.96 Å². The van der Waals surface area contributed by atoms with Gasteiger partial charge in [-0.2, -0.15) is 0 Å². The van der Waals surface area contributed by atoms with E-state index in [1.54, 1.807) is 47.7 Å². The van der Waals surface area contributed by atoms with Crippen molar-refractivity contribution in [3.8, 4) is 0 Å². The summed E-state index contributed by atoms with van der Waals surface area (Å²) in [7, 11) is 0. The molecule has 2 aliphatic rings. The number of anilines is 2. The van der Waals surface area contributed by atoms with Crippen LogP contribution in [-0.2, 0) is 14.4 Å². The van der Waals surface area contributed by atoms with Gasteiger partial charge in [-0.3, -0.25) is 14.4 Å². The van der Waals surface area contributed by atoms with E-state index in [4.69, 9.17) is 9.25 Å². The minimum Gasteiger partial charge on any atom is -0.467 e. The Labute approximate surface area is 169 Å². The number of hydrogen-bond acceptors (Lipinski definition) is 5. The van der Waals surface area contributed by atoms with Gasteiger partial charge in [0.05, 0.1) is 17.6 Å². The summed E-state index contributed by atoms with van der Waals surface area (Å²) < 4.78 is 6.48. The van der Waals surface area contributed by atoms with Gasteiger partial charge in [0, 0.05) is 4.47 Å². The second kappa shape index (κ2) is 6.61. The van der Waals surface area contributed by atoms with Crippen LogP contribution in [0.5, 0.6) is 0 Å². The van der Waals surface area contributed by atoms with Crippen LogP contribution < -0.4 is 9.96 Å². The molecule has 0 bridgehead atoms. The van der Waals surface area contributed by atoms with Crippen LogP contribution in [0, 0.1) is 5.92 Å². The summed E-state index contributed by atoms with van der Waals surface area (Å²) in [6.07, 6.45) is 0.658. The maximum atomic E-state index is 13.3. The van der Waals surface area contributed by atoms with Crippen molar-refractivity contribution >= 4 is 39.1 Å². The molecule has 0 saturated carbocycles. The second-order valence-corrected chi connectivity index (χ2v) is 7.58. The van der Waals surface area contributed by atoms with E-state index in [2.05, 4.69) is 15.9 Å². The minimum atomic E-state index is -0.897. The molecule has 2 amide bonds. The third-order valence-electron chi connectivity index (χ3n) is 5.05. The number of fused-ring (bicyclic) bond motifs is 1. The summed E-state index contributed by atoms with van der Waals surface area (Å²) >= 11 is 3.37. The lowest BCUT2D eigenvalue weighted by Crippen LogP contribution is -2.37. The van der Waals surface area contributed by atoms with Gasteiger partial charge in [0.25, 0.3) is 5.91 Å². The van der Waals surface area contributed by atoms with E-state index in [-0.39, 0.29) is 11.8 Å². The summed E-state index contributed by atoms with van der Waals surface area (Å²) in [5.74, 6) is -0.776. The molecule has 0 spiro atoms. The molecule has 2 aromatic carbocycles. The van der Waals surface area contributed by atoms with Gasteiger partial charge >= 0.3 is 0 Å². The molecule has 3 heterocycles. The lowest BCUT2D eigenvalue weighted by atomic mass is 9.94. The highest BCUT2D eigenvalue weighted by atomic mass is 79.9. The zero-order valence-corrected chi connectivity index (χ0v) is 16.2. The molecule has 28 heavy (non-hydrogen) atoms. The first-order valence-electron chi connectivity index (χ1n) is 8.83. The van der Waals surface area contributed by atoms with E-state index in [0.717, 1.165) is 10.2 Å². The number of carbonyl (C=O) groups is 2. The van der Waals surface area contributed by atoms with Gasteiger partial charge < -0.3 is 4.42 Å². The van der Waals surface area contributed by atoms with Crippen LogP contribution in [0.3, 0.4) is 0 Å². The van der Waals surface area contributed by atoms with Crippen LogP contribution in [0.1, 0.15) is 11.8 Å².